The van der Waals surface area contributed by atoms with Crippen LogP contribution in [-0.2, 0) is 9.53 Å². The molecule has 132 valence electrons. The lowest BCUT2D eigenvalue weighted by atomic mass is 9.95. The summed E-state index contributed by atoms with van der Waals surface area (Å²) < 4.78 is 12.3. The normalized spacial score (nSPS) is 16.2. The number of hydrogen-bond donors (Lipinski definition) is 1. The van der Waals surface area contributed by atoms with Gasteiger partial charge in [-0.1, -0.05) is 30.6 Å². The lowest BCUT2D eigenvalue weighted by Crippen LogP contribution is -2.29. The zero-order chi connectivity index (χ0) is 17.8. The van der Waals surface area contributed by atoms with Crippen LogP contribution in [0.4, 0.5) is 5.95 Å². The molecule has 8 nitrogen and oxygen atoms in total. The number of carbonyl (C=O) groups is 1. The van der Waals surface area contributed by atoms with Gasteiger partial charge < -0.3 is 14.8 Å². The fraction of sp³-hybridized carbons (Fsp3) is 0.412. The SMILES string of the molecule is CCCCOC(=O)C1=C(C)Nc2nnnn2C1c1cccc(OC)c1. The quantitative estimate of drug-likeness (QED) is 0.635. The first-order valence-electron chi connectivity index (χ1n) is 8.22. The van der Waals surface area contributed by atoms with Gasteiger partial charge in [0.15, 0.2) is 0 Å². The van der Waals surface area contributed by atoms with Crippen molar-refractivity contribution in [3.05, 3.63) is 41.1 Å². The molecule has 1 aromatic heterocycles. The number of carbonyl (C=O) groups excluding carboxylic acids is 1. The van der Waals surface area contributed by atoms with Crippen LogP contribution in [0.25, 0.3) is 0 Å². The molecule has 1 aliphatic rings. The van der Waals surface area contributed by atoms with E-state index in [1.165, 1.54) is 0 Å². The molecule has 1 unspecified atom stereocenters. The number of anilines is 1. The summed E-state index contributed by atoms with van der Waals surface area (Å²) in [7, 11) is 1.60. The fourth-order valence-corrected chi connectivity index (χ4v) is 2.78. The van der Waals surface area contributed by atoms with Crippen LogP contribution in [0, 0.1) is 0 Å². The molecule has 3 rings (SSSR count). The standard InChI is InChI=1S/C17H21N5O3/c1-4-5-9-25-16(23)14-11(2)18-17-19-20-21-22(17)15(14)12-7-6-8-13(10-12)24-3/h6-8,10,15H,4-5,9H2,1-3H3,(H,18,19,21). The molecule has 25 heavy (non-hydrogen) atoms. The molecule has 1 aliphatic heterocycles. The highest BCUT2D eigenvalue weighted by atomic mass is 16.5. The minimum Gasteiger partial charge on any atom is -0.497 e. The number of unbranched alkanes of at least 4 members (excludes halogenated alkanes) is 1. The van der Waals surface area contributed by atoms with E-state index in [2.05, 4.69) is 20.8 Å². The second-order valence-electron chi connectivity index (χ2n) is 5.78. The Labute approximate surface area is 145 Å². The Kier molecular flexibility index (Phi) is 4.97. The molecule has 0 saturated carbocycles. The molecule has 0 aliphatic carbocycles. The molecule has 2 aromatic rings. The van der Waals surface area contributed by atoms with Crippen LogP contribution in [0.15, 0.2) is 35.5 Å². The van der Waals surface area contributed by atoms with E-state index >= 15 is 0 Å². The first-order chi connectivity index (χ1) is 12.2. The fourth-order valence-electron chi connectivity index (χ4n) is 2.78. The van der Waals surface area contributed by atoms with Crippen molar-refractivity contribution in [2.45, 2.75) is 32.7 Å². The van der Waals surface area contributed by atoms with Crippen molar-refractivity contribution in [1.29, 1.82) is 0 Å². The Bertz CT molecular complexity index is 799. The highest BCUT2D eigenvalue weighted by molar-refractivity contribution is 5.92. The first-order valence-corrected chi connectivity index (χ1v) is 8.22. The van der Waals surface area contributed by atoms with Crippen molar-refractivity contribution in [2.75, 3.05) is 19.0 Å². The number of rotatable bonds is 6. The minimum absolute atomic E-state index is 0.368. The van der Waals surface area contributed by atoms with Gasteiger partial charge in [0.25, 0.3) is 0 Å². The van der Waals surface area contributed by atoms with Gasteiger partial charge in [0, 0.05) is 5.70 Å². The largest absolute Gasteiger partial charge is 0.497 e. The number of ether oxygens (including phenoxy) is 2. The number of methoxy groups -OCH3 is 1. The zero-order valence-corrected chi connectivity index (χ0v) is 14.5. The highest BCUT2D eigenvalue weighted by Gasteiger charge is 2.35. The van der Waals surface area contributed by atoms with Gasteiger partial charge >= 0.3 is 5.97 Å². The first kappa shape index (κ1) is 16.9. The summed E-state index contributed by atoms with van der Waals surface area (Å²) in [6.07, 6.45) is 1.78. The van der Waals surface area contributed by atoms with Crippen LogP contribution in [0.2, 0.25) is 0 Å². The van der Waals surface area contributed by atoms with Crippen LogP contribution in [-0.4, -0.2) is 39.9 Å². The lowest BCUT2D eigenvalue weighted by molar-refractivity contribution is -0.139. The summed E-state index contributed by atoms with van der Waals surface area (Å²) >= 11 is 0. The van der Waals surface area contributed by atoms with Crippen molar-refractivity contribution in [1.82, 2.24) is 20.2 Å². The number of esters is 1. The molecule has 2 heterocycles. The van der Waals surface area contributed by atoms with Crippen LogP contribution in [0.3, 0.4) is 0 Å². The number of tetrazole rings is 1. The molecule has 1 N–H and O–H groups in total. The molecule has 0 fully saturated rings. The molecular weight excluding hydrogens is 322 g/mol. The summed E-state index contributed by atoms with van der Waals surface area (Å²) in [6, 6.07) is 7.02. The van der Waals surface area contributed by atoms with E-state index in [1.807, 2.05) is 38.1 Å². The molecule has 0 bridgehead atoms. The van der Waals surface area contributed by atoms with Gasteiger partial charge in [-0.25, -0.2) is 4.79 Å². The third-order valence-corrected chi connectivity index (χ3v) is 4.07. The maximum atomic E-state index is 12.7. The molecule has 0 spiro atoms. The number of nitrogens with zero attached hydrogens (tertiary/aromatic N) is 4. The number of allylic oxidation sites excluding steroid dienone is 1. The van der Waals surface area contributed by atoms with Crippen LogP contribution in [0.5, 0.6) is 5.75 Å². The van der Waals surface area contributed by atoms with E-state index in [-0.39, 0.29) is 5.97 Å². The number of fused-ring (bicyclic) bond motifs is 1. The maximum Gasteiger partial charge on any atom is 0.338 e. The summed E-state index contributed by atoms with van der Waals surface area (Å²) in [6.45, 7) is 4.26. The predicted molar refractivity (Wildman–Crippen MR) is 91.1 cm³/mol. The number of hydrogen-bond acceptors (Lipinski definition) is 7. The Morgan fingerprint density at radius 3 is 3.00 bits per heavy atom. The average molecular weight is 343 g/mol. The molecule has 8 heteroatoms. The van der Waals surface area contributed by atoms with Gasteiger partial charge in [-0.15, -0.1) is 0 Å². The van der Waals surface area contributed by atoms with Crippen molar-refractivity contribution in [3.63, 3.8) is 0 Å². The Hall–Kier alpha value is -2.90. The average Bonchev–Trinajstić information content (AvgIpc) is 3.08. The zero-order valence-electron chi connectivity index (χ0n) is 14.5. The monoisotopic (exact) mass is 343 g/mol. The number of benzene rings is 1. The van der Waals surface area contributed by atoms with Crippen LogP contribution in [0.1, 0.15) is 38.3 Å². The third kappa shape index (κ3) is 3.33. The van der Waals surface area contributed by atoms with Gasteiger partial charge in [-0.2, -0.15) is 4.68 Å². The second-order valence-corrected chi connectivity index (χ2v) is 5.78. The van der Waals surface area contributed by atoms with E-state index in [9.17, 15) is 4.79 Å². The van der Waals surface area contributed by atoms with E-state index in [4.69, 9.17) is 9.47 Å². The van der Waals surface area contributed by atoms with Crippen LogP contribution < -0.4 is 10.1 Å². The maximum absolute atomic E-state index is 12.7. The van der Waals surface area contributed by atoms with Gasteiger partial charge in [0.2, 0.25) is 5.95 Å². The molecule has 0 saturated heterocycles. The second kappa shape index (κ2) is 7.33. The van der Waals surface area contributed by atoms with E-state index < -0.39 is 6.04 Å². The van der Waals surface area contributed by atoms with Crippen LogP contribution >= 0.6 is 0 Å². The minimum atomic E-state index is -0.476. The Morgan fingerprint density at radius 1 is 1.40 bits per heavy atom. The van der Waals surface area contributed by atoms with E-state index in [0.29, 0.717) is 29.6 Å². The van der Waals surface area contributed by atoms with Crippen molar-refractivity contribution >= 4 is 11.9 Å². The summed E-state index contributed by atoms with van der Waals surface area (Å²) in [4.78, 5) is 12.7. The van der Waals surface area contributed by atoms with Crippen molar-refractivity contribution < 1.29 is 14.3 Å². The number of nitrogens with one attached hydrogen (secondary N) is 1. The van der Waals surface area contributed by atoms with Gasteiger partial charge in [0.1, 0.15) is 11.8 Å². The van der Waals surface area contributed by atoms with Gasteiger partial charge in [-0.3, -0.25) is 0 Å². The summed E-state index contributed by atoms with van der Waals surface area (Å²) in [5, 5.41) is 14.8. The van der Waals surface area contributed by atoms with Crippen molar-refractivity contribution in [2.24, 2.45) is 0 Å². The summed E-state index contributed by atoms with van der Waals surface area (Å²) in [5.74, 6) is 0.810. The molecule has 0 radical (unpaired) electrons. The third-order valence-electron chi connectivity index (χ3n) is 4.07. The van der Waals surface area contributed by atoms with Crippen molar-refractivity contribution in [3.8, 4) is 5.75 Å². The Morgan fingerprint density at radius 2 is 2.24 bits per heavy atom. The van der Waals surface area contributed by atoms with E-state index in [1.54, 1.807) is 11.8 Å². The predicted octanol–water partition coefficient (Wildman–Crippen LogP) is 2.31. The topological polar surface area (TPSA) is 91.2 Å². The van der Waals surface area contributed by atoms with Gasteiger partial charge in [0.05, 0.1) is 19.3 Å². The van der Waals surface area contributed by atoms with E-state index in [0.717, 1.165) is 18.4 Å². The Balaban J connectivity index is 2.02. The smallest absolute Gasteiger partial charge is 0.338 e. The molecule has 1 aromatic carbocycles. The molecule has 1 atom stereocenters. The lowest BCUT2D eigenvalue weighted by Gasteiger charge is -2.27. The summed E-state index contributed by atoms with van der Waals surface area (Å²) in [5.41, 5.74) is 2.01. The van der Waals surface area contributed by atoms with Gasteiger partial charge in [-0.05, 0) is 41.5 Å². The molecule has 0 amide bonds. The highest BCUT2D eigenvalue weighted by Crippen LogP contribution is 2.35. The molecular formula is C17H21N5O3. The number of aromatic nitrogens is 4.